The second kappa shape index (κ2) is 5.47. The van der Waals surface area contributed by atoms with E-state index in [0.717, 1.165) is 18.4 Å². The van der Waals surface area contributed by atoms with Gasteiger partial charge in [-0.1, -0.05) is 6.07 Å². The first-order valence-corrected chi connectivity index (χ1v) is 7.69. The fourth-order valence-electron chi connectivity index (χ4n) is 2.88. The summed E-state index contributed by atoms with van der Waals surface area (Å²) in [6.07, 6.45) is -3.34. The molecule has 1 fully saturated rings. The Morgan fingerprint density at radius 3 is 2.40 bits per heavy atom. The molecular weight excluding hydrogens is 339 g/mol. The standard InChI is InChI=1S/C16H16F3N3O3/c1-15(2)10-6-3-8(12(23)20-21-13(24)16(17,18)19)7-11(10)22(14(15)25)9-4-5-9/h3,6-7,9H,4-5H2,1-2H3,(H,20,23)(H,21,24). The third-order valence-corrected chi connectivity index (χ3v) is 4.41. The summed E-state index contributed by atoms with van der Waals surface area (Å²) in [6, 6.07) is 4.60. The molecule has 2 aliphatic rings. The Balaban J connectivity index is 1.83. The van der Waals surface area contributed by atoms with Crippen molar-refractivity contribution in [3.05, 3.63) is 29.3 Å². The van der Waals surface area contributed by atoms with Gasteiger partial charge < -0.3 is 4.90 Å². The number of halogens is 3. The molecule has 1 heterocycles. The van der Waals surface area contributed by atoms with Crippen LogP contribution in [0.25, 0.3) is 0 Å². The van der Waals surface area contributed by atoms with E-state index in [9.17, 15) is 27.6 Å². The van der Waals surface area contributed by atoms with Crippen LogP contribution in [0.2, 0.25) is 0 Å². The van der Waals surface area contributed by atoms with Crippen LogP contribution < -0.4 is 15.8 Å². The Bertz CT molecular complexity index is 770. The first kappa shape index (κ1) is 17.2. The number of nitrogens with zero attached hydrogens (tertiary/aromatic N) is 1. The van der Waals surface area contributed by atoms with Gasteiger partial charge in [0.25, 0.3) is 5.91 Å². The van der Waals surface area contributed by atoms with Crippen molar-refractivity contribution in [1.29, 1.82) is 0 Å². The van der Waals surface area contributed by atoms with E-state index in [2.05, 4.69) is 0 Å². The fraction of sp³-hybridized carbons (Fsp3) is 0.438. The third kappa shape index (κ3) is 2.94. The second-order valence-corrected chi connectivity index (χ2v) is 6.67. The molecule has 1 aliphatic heterocycles. The van der Waals surface area contributed by atoms with Gasteiger partial charge in [-0.05, 0) is 44.4 Å². The number of anilines is 1. The molecule has 0 unspecified atom stereocenters. The number of fused-ring (bicyclic) bond motifs is 1. The SMILES string of the molecule is CC1(C)C(=O)N(C2CC2)c2cc(C(=O)NNC(=O)C(F)(F)F)ccc21. The van der Waals surface area contributed by atoms with Gasteiger partial charge in [-0.25, -0.2) is 0 Å². The quantitative estimate of drug-likeness (QED) is 0.794. The van der Waals surface area contributed by atoms with E-state index in [0.29, 0.717) is 5.69 Å². The average molecular weight is 355 g/mol. The van der Waals surface area contributed by atoms with Crippen LogP contribution in [0.1, 0.15) is 42.6 Å². The van der Waals surface area contributed by atoms with Gasteiger partial charge in [0, 0.05) is 17.3 Å². The van der Waals surface area contributed by atoms with E-state index in [4.69, 9.17) is 0 Å². The zero-order chi connectivity index (χ0) is 18.6. The van der Waals surface area contributed by atoms with Gasteiger partial charge in [-0.2, -0.15) is 13.2 Å². The van der Waals surface area contributed by atoms with E-state index < -0.39 is 23.4 Å². The Morgan fingerprint density at radius 2 is 1.84 bits per heavy atom. The number of hydrogen-bond donors (Lipinski definition) is 2. The summed E-state index contributed by atoms with van der Waals surface area (Å²) < 4.78 is 36.4. The summed E-state index contributed by atoms with van der Waals surface area (Å²) >= 11 is 0. The minimum Gasteiger partial charge on any atom is -0.308 e. The number of benzene rings is 1. The molecule has 9 heteroatoms. The van der Waals surface area contributed by atoms with Crippen LogP contribution in [0.15, 0.2) is 18.2 Å². The second-order valence-electron chi connectivity index (χ2n) is 6.67. The molecule has 25 heavy (non-hydrogen) atoms. The van der Waals surface area contributed by atoms with Crippen molar-refractivity contribution in [3.8, 4) is 0 Å². The monoisotopic (exact) mass is 355 g/mol. The molecule has 3 rings (SSSR count). The molecule has 1 aromatic rings. The Kier molecular flexibility index (Phi) is 3.77. The predicted octanol–water partition coefficient (Wildman–Crippen LogP) is 1.80. The van der Waals surface area contributed by atoms with Crippen molar-refractivity contribution >= 4 is 23.4 Å². The Labute approximate surface area is 141 Å². The summed E-state index contributed by atoms with van der Waals surface area (Å²) in [5.41, 5.74) is 3.72. The summed E-state index contributed by atoms with van der Waals surface area (Å²) in [4.78, 5) is 37.0. The van der Waals surface area contributed by atoms with Crippen LogP contribution >= 0.6 is 0 Å². The van der Waals surface area contributed by atoms with Gasteiger partial charge in [-0.15, -0.1) is 0 Å². The largest absolute Gasteiger partial charge is 0.472 e. The highest BCUT2D eigenvalue weighted by atomic mass is 19.4. The molecule has 0 aromatic heterocycles. The number of alkyl halides is 3. The molecule has 0 saturated heterocycles. The molecule has 0 bridgehead atoms. The molecular formula is C16H16F3N3O3. The topological polar surface area (TPSA) is 78.5 Å². The number of amides is 3. The van der Waals surface area contributed by atoms with Crippen molar-refractivity contribution in [1.82, 2.24) is 10.9 Å². The number of hydrogen-bond acceptors (Lipinski definition) is 3. The van der Waals surface area contributed by atoms with Gasteiger partial charge in [0.05, 0.1) is 5.41 Å². The lowest BCUT2D eigenvalue weighted by Gasteiger charge is -2.19. The van der Waals surface area contributed by atoms with Crippen LogP contribution in [-0.4, -0.2) is 29.9 Å². The van der Waals surface area contributed by atoms with Crippen molar-refractivity contribution < 1.29 is 27.6 Å². The van der Waals surface area contributed by atoms with Crippen LogP contribution in [0.4, 0.5) is 18.9 Å². The molecule has 0 spiro atoms. The molecule has 0 radical (unpaired) electrons. The van der Waals surface area contributed by atoms with Crippen LogP contribution in [-0.2, 0) is 15.0 Å². The molecule has 1 aliphatic carbocycles. The summed E-state index contributed by atoms with van der Waals surface area (Å²) in [5, 5.41) is 0. The molecule has 6 nitrogen and oxygen atoms in total. The maximum Gasteiger partial charge on any atom is 0.472 e. The maximum atomic E-state index is 12.6. The van der Waals surface area contributed by atoms with E-state index in [-0.39, 0.29) is 17.5 Å². The lowest BCUT2D eigenvalue weighted by Crippen LogP contribution is -2.47. The molecule has 2 N–H and O–H groups in total. The molecule has 1 saturated carbocycles. The molecule has 1 aromatic carbocycles. The zero-order valence-corrected chi connectivity index (χ0v) is 13.5. The highest BCUT2D eigenvalue weighted by molar-refractivity contribution is 6.09. The number of nitrogens with one attached hydrogen (secondary N) is 2. The maximum absolute atomic E-state index is 12.6. The van der Waals surface area contributed by atoms with Crippen LogP contribution in [0, 0.1) is 0 Å². The molecule has 0 atom stereocenters. The third-order valence-electron chi connectivity index (χ3n) is 4.41. The lowest BCUT2D eigenvalue weighted by molar-refractivity contribution is -0.174. The van der Waals surface area contributed by atoms with Crippen molar-refractivity contribution in [2.24, 2.45) is 0 Å². The normalized spacial score (nSPS) is 18.8. The van der Waals surface area contributed by atoms with Crippen LogP contribution in [0.3, 0.4) is 0 Å². The van der Waals surface area contributed by atoms with Gasteiger partial charge in [0.15, 0.2) is 0 Å². The minimum absolute atomic E-state index is 0.0531. The smallest absolute Gasteiger partial charge is 0.308 e. The zero-order valence-electron chi connectivity index (χ0n) is 13.5. The van der Waals surface area contributed by atoms with Crippen molar-refractivity contribution in [2.45, 2.75) is 44.3 Å². The van der Waals surface area contributed by atoms with E-state index in [1.54, 1.807) is 30.2 Å². The first-order valence-electron chi connectivity index (χ1n) is 7.69. The van der Waals surface area contributed by atoms with Gasteiger partial charge in [-0.3, -0.25) is 25.2 Å². The van der Waals surface area contributed by atoms with E-state index >= 15 is 0 Å². The van der Waals surface area contributed by atoms with Gasteiger partial charge in [0.2, 0.25) is 5.91 Å². The predicted molar refractivity (Wildman–Crippen MR) is 81.6 cm³/mol. The highest BCUT2D eigenvalue weighted by Gasteiger charge is 2.49. The first-order chi connectivity index (χ1) is 11.5. The Hall–Kier alpha value is -2.58. The van der Waals surface area contributed by atoms with Gasteiger partial charge >= 0.3 is 12.1 Å². The minimum atomic E-state index is -5.09. The van der Waals surface area contributed by atoms with Crippen LogP contribution in [0.5, 0.6) is 0 Å². The number of carbonyl (C=O) groups excluding carboxylic acids is 3. The number of hydrazine groups is 1. The summed E-state index contributed by atoms with van der Waals surface area (Å²) in [7, 11) is 0. The molecule has 134 valence electrons. The van der Waals surface area contributed by atoms with Crippen molar-refractivity contribution in [2.75, 3.05) is 4.90 Å². The average Bonchev–Trinajstić information content (AvgIpc) is 3.33. The fourth-order valence-corrected chi connectivity index (χ4v) is 2.88. The van der Waals surface area contributed by atoms with E-state index in [1.807, 2.05) is 0 Å². The summed E-state index contributed by atoms with van der Waals surface area (Å²) in [5.74, 6) is -3.22. The highest BCUT2D eigenvalue weighted by Crippen LogP contribution is 2.46. The lowest BCUT2D eigenvalue weighted by atomic mass is 9.86. The van der Waals surface area contributed by atoms with E-state index in [1.165, 1.54) is 17.6 Å². The van der Waals surface area contributed by atoms with Crippen molar-refractivity contribution in [3.63, 3.8) is 0 Å². The molecule has 3 amide bonds. The number of rotatable bonds is 2. The Morgan fingerprint density at radius 1 is 1.20 bits per heavy atom. The number of carbonyl (C=O) groups is 3. The summed E-state index contributed by atoms with van der Waals surface area (Å²) in [6.45, 7) is 3.58. The van der Waals surface area contributed by atoms with Gasteiger partial charge in [0.1, 0.15) is 0 Å².